The highest BCUT2D eigenvalue weighted by Gasteiger charge is 2.56. The number of ether oxygens (including phenoxy) is 2. The molecule has 0 radical (unpaired) electrons. The number of sulfonamides is 4. The van der Waals surface area contributed by atoms with Crippen molar-refractivity contribution in [2.24, 2.45) is 93.2 Å². The first-order valence-corrected chi connectivity index (χ1v) is 42.5. The van der Waals surface area contributed by atoms with Crippen molar-refractivity contribution in [3.8, 4) is 0 Å². The van der Waals surface area contributed by atoms with Crippen LogP contribution >= 0.6 is 0 Å². The van der Waals surface area contributed by atoms with Gasteiger partial charge in [-0.05, 0) is 152 Å². The maximum atomic E-state index is 14.0. The summed E-state index contributed by atoms with van der Waals surface area (Å²) in [5, 5.41) is 9.34. The van der Waals surface area contributed by atoms with Crippen LogP contribution < -0.4 is 18.9 Å². The van der Waals surface area contributed by atoms with Gasteiger partial charge in [0.15, 0.2) is 0 Å². The third-order valence-electron chi connectivity index (χ3n) is 22.7. The Morgan fingerprint density at radius 1 is 0.541 bits per heavy atom. The van der Waals surface area contributed by atoms with Crippen molar-refractivity contribution >= 4 is 93.0 Å². The molecule has 111 heavy (non-hydrogen) atoms. The summed E-state index contributed by atoms with van der Waals surface area (Å²) in [7, 11) is -18.1. The van der Waals surface area contributed by atoms with Crippen molar-refractivity contribution in [1.82, 2.24) is 18.9 Å². The van der Waals surface area contributed by atoms with Crippen LogP contribution in [-0.2, 0) is 92.7 Å². The number of alkyl halides is 7. The zero-order chi connectivity index (χ0) is 82.2. The molecule has 7 saturated carbocycles. The molecule has 0 aliphatic heterocycles. The number of amides is 4. The number of esters is 2. The minimum absolute atomic E-state index is 0. The minimum atomic E-state index is -5.59. The van der Waals surface area contributed by atoms with Crippen LogP contribution in [0.25, 0.3) is 0 Å². The van der Waals surface area contributed by atoms with E-state index in [1.807, 2.05) is 48.5 Å². The Kier molecular flexibility index (Phi) is 49.3. The third kappa shape index (κ3) is 34.8. The van der Waals surface area contributed by atoms with Crippen molar-refractivity contribution in [2.75, 3.05) is 19.5 Å². The number of nitrogens with one attached hydrogen (secondary N) is 4. The van der Waals surface area contributed by atoms with Crippen LogP contribution in [0.1, 0.15) is 292 Å². The van der Waals surface area contributed by atoms with E-state index in [1.165, 1.54) is 25.5 Å². The van der Waals surface area contributed by atoms with Crippen molar-refractivity contribution in [2.45, 2.75) is 319 Å². The van der Waals surface area contributed by atoms with Gasteiger partial charge in [0, 0.05) is 40.9 Å². The second-order valence-corrected chi connectivity index (χ2v) is 38.8. The lowest BCUT2D eigenvalue weighted by atomic mass is 9.75. The summed E-state index contributed by atoms with van der Waals surface area (Å²) in [6, 6.07) is 0. The number of halogens is 7. The number of Topliss-reactive ketones (excluding diaryl/α,β-unsaturated/α-hetero) is 3. The summed E-state index contributed by atoms with van der Waals surface area (Å²) in [5.41, 5.74) is -15.1. The highest BCUT2D eigenvalue weighted by Crippen LogP contribution is 2.56. The summed E-state index contributed by atoms with van der Waals surface area (Å²) in [5.74, 6) is -1.36. The Morgan fingerprint density at radius 2 is 0.910 bits per heavy atom. The molecule has 660 valence electrons. The highest BCUT2D eigenvalue weighted by molar-refractivity contribution is 7.91. The van der Waals surface area contributed by atoms with Crippen molar-refractivity contribution in [3.63, 3.8) is 0 Å². The minimum Gasteiger partial charge on any atom is -0.462 e. The molecule has 0 aromatic rings. The number of carbonyl (C=O) groups excluding carboxylic acids is 9. The largest absolute Gasteiger partial charge is 0.516 e. The summed E-state index contributed by atoms with van der Waals surface area (Å²) in [6.45, 7) is 34.2. The fraction of sp³-hybridized carbons (Fsp3) is 0.882. The van der Waals surface area contributed by atoms with Gasteiger partial charge in [-0.15, -0.1) is 0 Å². The van der Waals surface area contributed by atoms with E-state index in [1.54, 1.807) is 41.5 Å². The predicted molar refractivity (Wildman–Crippen MR) is 420 cm³/mol. The van der Waals surface area contributed by atoms with Crippen LogP contribution in [0.4, 0.5) is 30.7 Å². The fourth-order valence-corrected chi connectivity index (χ4v) is 17.1. The molecule has 7 rings (SSSR count). The molecule has 35 heteroatoms. The maximum Gasteiger partial charge on any atom is 0.516 e. The highest BCUT2D eigenvalue weighted by atomic mass is 32.2. The average molecular weight is 1690 g/mol. The fourth-order valence-electron chi connectivity index (χ4n) is 13.8. The Morgan fingerprint density at radius 3 is 1.22 bits per heavy atom. The Balaban J connectivity index is -0.000000289. The lowest BCUT2D eigenvalue weighted by Crippen LogP contribution is -2.45. The van der Waals surface area contributed by atoms with E-state index < -0.39 is 102 Å². The molecular formula is C76H143F7N4O20S4. The van der Waals surface area contributed by atoms with Gasteiger partial charge in [-0.1, -0.05) is 174 Å². The quantitative estimate of drug-likeness (QED) is 0.0327. The second-order valence-electron chi connectivity index (χ2n) is 31.7. The second kappa shape index (κ2) is 46.7. The SMILES string of the molecule is C.C.C.C.C.C.CC1C(=O)CC(=O)C1C.CC1C2CC(C(=O)NS(=O)(=O)C(F)(F)F)C(C2)C1C.CC1C2CC(C(=O)NS(C)(=O)=O)C(C2)C1C.CCC(C)(C)C(=O)NS(=O)(=O)C(F)(F)F.CCC(C)(C)C(=O)NS(=O)(=O)C1CCCCC1.CCC(C)(C)C(=O)OCCOC(=O)CC(C)=O.CCC1CC(C)(O)CC1(F)CC. The number of rotatable bonds is 20. The summed E-state index contributed by atoms with van der Waals surface area (Å²) in [4.78, 5) is 101. The van der Waals surface area contributed by atoms with E-state index in [2.05, 4.69) is 30.2 Å². The van der Waals surface area contributed by atoms with E-state index in [9.17, 15) is 113 Å². The van der Waals surface area contributed by atoms with Crippen LogP contribution in [0.15, 0.2) is 0 Å². The van der Waals surface area contributed by atoms with Gasteiger partial charge in [-0.3, -0.25) is 52.6 Å². The molecule has 24 nitrogen and oxygen atoms in total. The molecule has 0 aromatic carbocycles. The van der Waals surface area contributed by atoms with Gasteiger partial charge in [0.2, 0.25) is 43.7 Å². The molecule has 0 aromatic heterocycles. The zero-order valence-corrected chi connectivity index (χ0v) is 68.0. The lowest BCUT2D eigenvalue weighted by Gasteiger charge is -2.30. The first-order chi connectivity index (χ1) is 47.4. The normalized spacial score (nSPS) is 27.2. The van der Waals surface area contributed by atoms with Crippen molar-refractivity contribution in [3.05, 3.63) is 0 Å². The zero-order valence-electron chi connectivity index (χ0n) is 64.7. The molecule has 4 bridgehead atoms. The number of fused-ring (bicyclic) bond motifs is 4. The van der Waals surface area contributed by atoms with Gasteiger partial charge >= 0.3 is 43.0 Å². The summed E-state index contributed by atoms with van der Waals surface area (Å²) < 4.78 is 192. The number of aliphatic hydroxyl groups is 1. The summed E-state index contributed by atoms with van der Waals surface area (Å²) >= 11 is 0. The number of ketones is 3. The molecule has 0 saturated heterocycles. The Hall–Kier alpha value is -4.90. The first-order valence-electron chi connectivity index (χ1n) is 36.1. The van der Waals surface area contributed by atoms with Crippen LogP contribution in [0, 0.1) is 93.2 Å². The predicted octanol–water partition coefficient (Wildman–Crippen LogP) is 15.2. The van der Waals surface area contributed by atoms with Gasteiger partial charge in [0.25, 0.3) is 0 Å². The smallest absolute Gasteiger partial charge is 0.462 e. The van der Waals surface area contributed by atoms with E-state index in [0.29, 0.717) is 86.9 Å². The third-order valence-corrected chi connectivity index (χ3v) is 27.3. The maximum absolute atomic E-state index is 14.0. The molecule has 7 aliphatic carbocycles. The van der Waals surface area contributed by atoms with Gasteiger partial charge in [-0.25, -0.2) is 30.7 Å². The molecule has 7 aliphatic rings. The average Bonchev–Trinajstić information content (AvgIpc) is 1.62. The Bertz CT molecular complexity index is 3450. The molecule has 5 N–H and O–H groups in total. The van der Waals surface area contributed by atoms with E-state index >= 15 is 0 Å². The van der Waals surface area contributed by atoms with Gasteiger partial charge < -0.3 is 14.6 Å². The van der Waals surface area contributed by atoms with Gasteiger partial charge in [-0.2, -0.15) is 43.2 Å². The van der Waals surface area contributed by atoms with Crippen LogP contribution in [0.3, 0.4) is 0 Å². The van der Waals surface area contributed by atoms with E-state index in [0.717, 1.165) is 55.9 Å². The lowest BCUT2D eigenvalue weighted by molar-refractivity contribution is -0.159. The summed E-state index contributed by atoms with van der Waals surface area (Å²) in [6.07, 6.45) is 12.3. The molecular weight excluding hydrogens is 1550 g/mol. The van der Waals surface area contributed by atoms with Crippen LogP contribution in [0.2, 0.25) is 0 Å². The number of hydrogen-bond acceptors (Lipinski definition) is 20. The standard InChI is InChI=1S/C12H23NO3S.C12H20O5.C11H16F3NO3S.C11H19NO3S.C10H19FO.C7H12F3NO3S.C7H10O2.6CH4/c1-4-12(2,3)11(14)13-17(15,16)10-8-6-5-7-9-10;1-5-12(3,4)11(15)17-7-6-16-10(14)8-9(2)13;1-5-6(2)8-3-7(5)4-9(8)10(16)15-19(17,18)11(12,13)14;1-6-7(2)9-4-8(6)5-10(9)11(13)12-16(3,14)15;1-4-8-6-9(3,12)7-10(8,11)5-2;1-4-6(2,3)5(12)11-15(13,14)7(8,9)10;1-4-5(2)7(9)3-6(4)8;;;;;;/h10H,4-9H2,1-3H3,(H,13,14);5-8H2,1-4H3;5-9H,3-4H2,1-2H3,(H,15,16);6-10H,4-5H2,1-3H3,(H,12,13);8,12H,4-7H2,1-3H3;4H2,1-3H3,(H,11,12);4-5H,3H2,1-2H3;6*1H4. The van der Waals surface area contributed by atoms with Crippen molar-refractivity contribution in [1.29, 1.82) is 0 Å². The van der Waals surface area contributed by atoms with Gasteiger partial charge in [0.1, 0.15) is 42.7 Å². The molecule has 0 heterocycles. The monoisotopic (exact) mass is 1690 g/mol. The molecule has 15 atom stereocenters. The molecule has 0 spiro atoms. The van der Waals surface area contributed by atoms with E-state index in [4.69, 9.17) is 9.47 Å². The molecule has 7 fully saturated rings. The van der Waals surface area contributed by atoms with E-state index in [-0.39, 0.29) is 153 Å². The van der Waals surface area contributed by atoms with Crippen molar-refractivity contribution < 1.29 is 122 Å². The molecule has 4 amide bonds. The number of hydrogen-bond donors (Lipinski definition) is 5. The van der Waals surface area contributed by atoms with Crippen LogP contribution in [-0.4, -0.2) is 139 Å². The van der Waals surface area contributed by atoms with Gasteiger partial charge in [0.05, 0.1) is 28.9 Å². The Labute approximate surface area is 662 Å². The molecule has 15 unspecified atom stereocenters. The number of carbonyl (C=O) groups is 9. The van der Waals surface area contributed by atoms with Crippen LogP contribution in [0.5, 0.6) is 0 Å². The first kappa shape index (κ1) is 117. The topological polar surface area (TPSA) is 377 Å².